The number of amides is 1. The van der Waals surface area contributed by atoms with Gasteiger partial charge in [0.25, 0.3) is 5.92 Å². The van der Waals surface area contributed by atoms with Crippen LogP contribution in [0.3, 0.4) is 0 Å². The normalized spacial score (nSPS) is 21.7. The molecule has 3 aliphatic rings. The summed E-state index contributed by atoms with van der Waals surface area (Å²) in [6, 6.07) is 7.60. The molecule has 4 heterocycles. The molecule has 8 nitrogen and oxygen atoms in total. The van der Waals surface area contributed by atoms with Crippen molar-refractivity contribution in [2.45, 2.75) is 78.9 Å². The number of aryl methyl sites for hydroxylation is 1. The summed E-state index contributed by atoms with van der Waals surface area (Å²) in [5.41, 5.74) is 2.71. The minimum atomic E-state index is -2.97. The van der Waals surface area contributed by atoms with Gasteiger partial charge in [-0.1, -0.05) is 12.1 Å². The number of halogens is 2. The summed E-state index contributed by atoms with van der Waals surface area (Å²) >= 11 is 1.57. The van der Waals surface area contributed by atoms with E-state index < -0.39 is 35.6 Å². The molecule has 2 aromatic rings. The Labute approximate surface area is 250 Å². The Morgan fingerprint density at radius 2 is 1.74 bits per heavy atom. The highest BCUT2D eigenvalue weighted by molar-refractivity contribution is 7.17. The van der Waals surface area contributed by atoms with Crippen LogP contribution < -0.4 is 9.80 Å². The Kier molecular flexibility index (Phi) is 7.48. The summed E-state index contributed by atoms with van der Waals surface area (Å²) in [6.07, 6.45) is -0.118. The van der Waals surface area contributed by atoms with Crippen molar-refractivity contribution in [2.75, 3.05) is 36.0 Å². The van der Waals surface area contributed by atoms with E-state index in [1.54, 1.807) is 43.9 Å². The van der Waals surface area contributed by atoms with E-state index in [0.717, 1.165) is 38.0 Å². The number of ether oxygens (including phenoxy) is 1. The van der Waals surface area contributed by atoms with Crippen LogP contribution in [0.15, 0.2) is 29.3 Å². The average molecular weight is 599 g/mol. The maximum absolute atomic E-state index is 15.3. The second-order valence-electron chi connectivity index (χ2n) is 12.8. The van der Waals surface area contributed by atoms with E-state index in [9.17, 15) is 4.79 Å². The van der Waals surface area contributed by atoms with Crippen LogP contribution in [0.1, 0.15) is 69.0 Å². The zero-order valence-corrected chi connectivity index (χ0v) is 26.2. The van der Waals surface area contributed by atoms with Crippen molar-refractivity contribution in [2.24, 2.45) is 10.4 Å². The first kappa shape index (κ1) is 30.1. The number of likely N-dealkylation sites (tertiary alicyclic amines) is 1. The maximum atomic E-state index is 15.3. The van der Waals surface area contributed by atoms with Gasteiger partial charge >= 0.3 is 6.09 Å². The summed E-state index contributed by atoms with van der Waals surface area (Å²) in [5.74, 6) is -2.42. The molecular weight excluding hydrogens is 558 g/mol. The van der Waals surface area contributed by atoms with Crippen LogP contribution in [0.4, 0.5) is 24.3 Å². The van der Waals surface area contributed by atoms with Gasteiger partial charge in [0, 0.05) is 41.3 Å². The summed E-state index contributed by atoms with van der Waals surface area (Å²) in [7, 11) is 0. The van der Waals surface area contributed by atoms with Gasteiger partial charge in [-0.05, 0) is 79.0 Å². The van der Waals surface area contributed by atoms with Crippen LogP contribution in [0.5, 0.6) is 0 Å². The van der Waals surface area contributed by atoms with Crippen molar-refractivity contribution in [3.05, 3.63) is 45.8 Å². The number of fused-ring (bicyclic) bond motifs is 1. The quantitative estimate of drug-likeness (QED) is 0.292. The van der Waals surface area contributed by atoms with Crippen LogP contribution in [0.2, 0.25) is 0 Å². The van der Waals surface area contributed by atoms with Gasteiger partial charge in [-0.25, -0.2) is 13.6 Å². The van der Waals surface area contributed by atoms with Gasteiger partial charge in [-0.15, -0.1) is 11.3 Å². The number of carbonyl (C=O) groups is 1. The molecule has 0 aliphatic carbocycles. The number of amidine groups is 2. The lowest BCUT2D eigenvalue weighted by molar-refractivity contribution is -0.0949. The largest absolute Gasteiger partial charge is 0.444 e. The molecule has 1 aromatic heterocycles. The molecule has 1 atom stereocenters. The van der Waals surface area contributed by atoms with E-state index in [4.69, 9.17) is 20.5 Å². The lowest BCUT2D eigenvalue weighted by atomic mass is 9.75. The predicted octanol–water partition coefficient (Wildman–Crippen LogP) is 6.86. The number of anilines is 2. The van der Waals surface area contributed by atoms with Crippen molar-refractivity contribution < 1.29 is 18.3 Å². The molecule has 5 rings (SSSR count). The van der Waals surface area contributed by atoms with Gasteiger partial charge in [0.1, 0.15) is 28.3 Å². The molecule has 2 saturated heterocycles. The lowest BCUT2D eigenvalue weighted by Gasteiger charge is -2.42. The van der Waals surface area contributed by atoms with E-state index in [-0.39, 0.29) is 31.1 Å². The maximum Gasteiger partial charge on any atom is 0.410 e. The van der Waals surface area contributed by atoms with Crippen molar-refractivity contribution in [1.82, 2.24) is 4.90 Å². The van der Waals surface area contributed by atoms with Crippen LogP contribution in [0.25, 0.3) is 0 Å². The van der Waals surface area contributed by atoms with Gasteiger partial charge in [-0.3, -0.25) is 20.7 Å². The number of alkyl halides is 2. The zero-order chi connectivity index (χ0) is 30.8. The molecule has 0 saturated carbocycles. The van der Waals surface area contributed by atoms with Crippen molar-refractivity contribution in [3.8, 4) is 0 Å². The van der Waals surface area contributed by atoms with Crippen molar-refractivity contribution in [3.63, 3.8) is 0 Å². The molecule has 1 spiro atoms. The highest BCUT2D eigenvalue weighted by atomic mass is 32.1. The highest BCUT2D eigenvalue weighted by Crippen LogP contribution is 2.51. The molecule has 1 amide bonds. The molecule has 0 bridgehead atoms. The highest BCUT2D eigenvalue weighted by Gasteiger charge is 2.62. The number of rotatable bonds is 2. The molecule has 11 heteroatoms. The van der Waals surface area contributed by atoms with Gasteiger partial charge in [0.15, 0.2) is 0 Å². The first-order valence-corrected chi connectivity index (χ1v) is 15.2. The standard InChI is InChI=1S/C31H40F2N6O2S/c1-18-20(3)42-27-24(18)25(36-19(2)26(35)39(27)21(4)34)22-8-10-23(11-9-22)37-14-12-30(13-15-37)16-38(17-31(30,32)33)28(40)41-29(5,6)7/h8-11,19,34-35H,12-17H2,1-7H3. The minimum absolute atomic E-state index is 0.00267. The molecule has 1 aromatic carbocycles. The smallest absolute Gasteiger partial charge is 0.410 e. The fourth-order valence-corrected chi connectivity index (χ4v) is 7.38. The average Bonchev–Trinajstić information content (AvgIpc) is 3.29. The number of carbonyl (C=O) groups excluding carboxylic acids is 1. The molecule has 2 N–H and O–H groups in total. The summed E-state index contributed by atoms with van der Waals surface area (Å²) in [4.78, 5) is 23.6. The molecule has 2 fully saturated rings. The number of hydrogen-bond donors (Lipinski definition) is 2. The fraction of sp³-hybridized carbons (Fsp3) is 0.548. The number of hydrogen-bond acceptors (Lipinski definition) is 7. The monoisotopic (exact) mass is 598 g/mol. The minimum Gasteiger partial charge on any atom is -0.444 e. The number of nitrogens with one attached hydrogen (secondary N) is 2. The molecule has 1 unspecified atom stereocenters. The number of nitrogens with zero attached hydrogens (tertiary/aromatic N) is 4. The van der Waals surface area contributed by atoms with E-state index in [1.807, 2.05) is 38.1 Å². The Morgan fingerprint density at radius 3 is 2.31 bits per heavy atom. The van der Waals surface area contributed by atoms with Crippen molar-refractivity contribution in [1.29, 1.82) is 10.8 Å². The van der Waals surface area contributed by atoms with E-state index in [0.29, 0.717) is 13.1 Å². The van der Waals surface area contributed by atoms with E-state index in [1.165, 1.54) is 4.90 Å². The number of thiophene rings is 1. The Bertz CT molecular complexity index is 1450. The third-order valence-corrected chi connectivity index (χ3v) is 9.83. The lowest BCUT2D eigenvalue weighted by Crippen LogP contribution is -2.49. The third-order valence-electron chi connectivity index (χ3n) is 8.64. The molecule has 0 radical (unpaired) electrons. The van der Waals surface area contributed by atoms with Gasteiger partial charge in [0.05, 0.1) is 17.7 Å². The fourth-order valence-electron chi connectivity index (χ4n) is 6.16. The van der Waals surface area contributed by atoms with Crippen LogP contribution in [-0.2, 0) is 4.74 Å². The second-order valence-corrected chi connectivity index (χ2v) is 14.0. The first-order chi connectivity index (χ1) is 19.5. The first-order valence-electron chi connectivity index (χ1n) is 14.4. The SMILES string of the molecule is CC(=N)N1C(=N)C(C)N=C(c2ccc(N3CCC4(CC3)CN(C(=O)OC(C)(C)C)CC4(F)F)cc2)c2c1sc(C)c2C. The van der Waals surface area contributed by atoms with Gasteiger partial charge in [-0.2, -0.15) is 0 Å². The topological polar surface area (TPSA) is 96.1 Å². The Hall–Kier alpha value is -3.34. The number of benzene rings is 1. The zero-order valence-electron chi connectivity index (χ0n) is 25.4. The molecule has 3 aliphatic heterocycles. The summed E-state index contributed by atoms with van der Waals surface area (Å²) in [6.45, 7) is 13.2. The summed E-state index contributed by atoms with van der Waals surface area (Å²) in [5, 5.41) is 17.9. The van der Waals surface area contributed by atoms with Gasteiger partial charge in [0.2, 0.25) is 0 Å². The van der Waals surface area contributed by atoms with Crippen LogP contribution in [-0.4, -0.2) is 72.1 Å². The summed E-state index contributed by atoms with van der Waals surface area (Å²) < 4.78 is 36.0. The Balaban J connectivity index is 1.35. The number of aliphatic imine (C=N–C) groups is 1. The van der Waals surface area contributed by atoms with E-state index in [2.05, 4.69) is 11.8 Å². The predicted molar refractivity (Wildman–Crippen MR) is 166 cm³/mol. The number of piperidine rings is 1. The van der Waals surface area contributed by atoms with E-state index >= 15 is 8.78 Å². The molecule has 42 heavy (non-hydrogen) atoms. The third kappa shape index (κ3) is 5.20. The Morgan fingerprint density at radius 1 is 1.12 bits per heavy atom. The van der Waals surface area contributed by atoms with Crippen LogP contribution in [0, 0.1) is 30.1 Å². The van der Waals surface area contributed by atoms with Crippen molar-refractivity contribution >= 4 is 45.5 Å². The van der Waals surface area contributed by atoms with Crippen LogP contribution >= 0.6 is 11.3 Å². The molecular formula is C31H40F2N6O2S. The molecule has 226 valence electrons. The van der Waals surface area contributed by atoms with Gasteiger partial charge < -0.3 is 14.5 Å². The second kappa shape index (κ2) is 10.4.